The lowest BCUT2D eigenvalue weighted by atomic mass is 10.1. The summed E-state index contributed by atoms with van der Waals surface area (Å²) < 4.78 is 5.85. The molecule has 1 aromatic carbocycles. The fourth-order valence-corrected chi connectivity index (χ4v) is 3.28. The molecule has 6 heteroatoms. The lowest BCUT2D eigenvalue weighted by molar-refractivity contribution is 0.173. The van der Waals surface area contributed by atoms with E-state index < -0.39 is 0 Å². The molecule has 0 saturated heterocycles. The Labute approximate surface area is 126 Å². The summed E-state index contributed by atoms with van der Waals surface area (Å²) in [6.45, 7) is 1.93. The predicted octanol–water partition coefficient (Wildman–Crippen LogP) is 4.03. The first-order valence-corrected chi connectivity index (χ1v) is 7.36. The molecule has 2 aromatic rings. The quantitative estimate of drug-likeness (QED) is 0.646. The summed E-state index contributed by atoms with van der Waals surface area (Å²) in [7, 11) is 0. The minimum atomic E-state index is -0.181. The molecular weight excluding hydrogens is 303 g/mol. The molecule has 0 aliphatic rings. The van der Waals surface area contributed by atoms with E-state index in [2.05, 4.69) is 5.43 Å². The molecule has 3 nitrogen and oxygen atoms in total. The smallest absolute Gasteiger partial charge is 0.121 e. The Bertz CT molecular complexity index is 547. The van der Waals surface area contributed by atoms with Gasteiger partial charge >= 0.3 is 0 Å². The summed E-state index contributed by atoms with van der Waals surface area (Å²) in [5.74, 6) is 6.31. The maximum Gasteiger partial charge on any atom is 0.121 e. The number of hydrogen-bond donors (Lipinski definition) is 2. The fourth-order valence-electron chi connectivity index (χ4n) is 1.77. The molecule has 2 atom stereocenters. The minimum absolute atomic E-state index is 0.175. The zero-order valence-electron chi connectivity index (χ0n) is 10.3. The molecule has 0 aliphatic heterocycles. The second kappa shape index (κ2) is 6.59. The van der Waals surface area contributed by atoms with Crippen LogP contribution in [0.1, 0.15) is 17.8 Å². The molecule has 0 spiro atoms. The van der Waals surface area contributed by atoms with Crippen molar-refractivity contribution in [3.05, 3.63) is 50.6 Å². The normalized spacial score (nSPS) is 14.1. The Morgan fingerprint density at radius 1 is 1.32 bits per heavy atom. The first kappa shape index (κ1) is 14.6. The molecule has 0 aliphatic carbocycles. The van der Waals surface area contributed by atoms with Crippen molar-refractivity contribution in [3.8, 4) is 5.75 Å². The number of thiophene rings is 1. The number of hydrazine groups is 1. The molecule has 2 rings (SSSR count). The van der Waals surface area contributed by atoms with Crippen molar-refractivity contribution in [1.82, 2.24) is 5.43 Å². The number of hydrogen-bond acceptors (Lipinski definition) is 4. The molecule has 1 heterocycles. The van der Waals surface area contributed by atoms with Gasteiger partial charge in [0.1, 0.15) is 11.9 Å². The molecule has 2 unspecified atom stereocenters. The Morgan fingerprint density at radius 3 is 2.68 bits per heavy atom. The third-order valence-electron chi connectivity index (χ3n) is 2.69. The molecule has 0 bridgehead atoms. The third kappa shape index (κ3) is 3.61. The summed E-state index contributed by atoms with van der Waals surface area (Å²) in [5.41, 5.74) is 2.75. The van der Waals surface area contributed by atoms with Crippen LogP contribution in [0.25, 0.3) is 0 Å². The Balaban J connectivity index is 2.14. The van der Waals surface area contributed by atoms with Gasteiger partial charge in [-0.25, -0.2) is 5.43 Å². The second-order valence-corrected chi connectivity index (χ2v) is 5.85. The van der Waals surface area contributed by atoms with Crippen molar-refractivity contribution >= 4 is 34.5 Å². The largest absolute Gasteiger partial charge is 0.489 e. The topological polar surface area (TPSA) is 47.3 Å². The Kier molecular flexibility index (Phi) is 5.07. The van der Waals surface area contributed by atoms with Gasteiger partial charge in [0.15, 0.2) is 0 Å². The van der Waals surface area contributed by atoms with E-state index in [1.165, 1.54) is 0 Å². The maximum absolute atomic E-state index is 6.12. The van der Waals surface area contributed by atoms with E-state index >= 15 is 0 Å². The van der Waals surface area contributed by atoms with Gasteiger partial charge in [-0.3, -0.25) is 5.84 Å². The third-order valence-corrected chi connectivity index (χ3v) is 4.37. The average molecular weight is 317 g/mol. The fraction of sp³-hybridized carbons (Fsp3) is 0.231. The van der Waals surface area contributed by atoms with Crippen molar-refractivity contribution in [2.45, 2.75) is 19.1 Å². The Hall–Kier alpha value is -0.780. The van der Waals surface area contributed by atoms with Gasteiger partial charge in [0.25, 0.3) is 0 Å². The highest BCUT2D eigenvalue weighted by Crippen LogP contribution is 2.32. The van der Waals surface area contributed by atoms with Crippen LogP contribution in [0.5, 0.6) is 5.75 Å². The van der Waals surface area contributed by atoms with Crippen molar-refractivity contribution in [2.24, 2.45) is 5.84 Å². The molecule has 3 N–H and O–H groups in total. The zero-order chi connectivity index (χ0) is 13.8. The van der Waals surface area contributed by atoms with Crippen LogP contribution >= 0.6 is 34.5 Å². The number of nitrogens with one attached hydrogen (secondary N) is 1. The predicted molar refractivity (Wildman–Crippen MR) is 80.9 cm³/mol. The van der Waals surface area contributed by atoms with Crippen LogP contribution in [-0.2, 0) is 0 Å². The summed E-state index contributed by atoms with van der Waals surface area (Å²) in [5, 5.41) is 3.25. The van der Waals surface area contributed by atoms with Crippen LogP contribution < -0.4 is 16.0 Å². The highest BCUT2D eigenvalue weighted by Gasteiger charge is 2.23. The second-order valence-electron chi connectivity index (χ2n) is 4.06. The van der Waals surface area contributed by atoms with E-state index in [0.29, 0.717) is 15.8 Å². The van der Waals surface area contributed by atoms with E-state index in [4.69, 9.17) is 33.8 Å². The van der Waals surface area contributed by atoms with Crippen molar-refractivity contribution in [3.63, 3.8) is 0 Å². The van der Waals surface area contributed by atoms with Gasteiger partial charge in [-0.1, -0.05) is 29.3 Å². The van der Waals surface area contributed by atoms with Crippen LogP contribution in [0, 0.1) is 0 Å². The van der Waals surface area contributed by atoms with Gasteiger partial charge < -0.3 is 4.74 Å². The number of rotatable bonds is 5. The first-order chi connectivity index (χ1) is 9.11. The van der Waals surface area contributed by atoms with Crippen LogP contribution in [0.2, 0.25) is 10.0 Å². The van der Waals surface area contributed by atoms with Crippen molar-refractivity contribution in [1.29, 1.82) is 0 Å². The first-order valence-electron chi connectivity index (χ1n) is 5.73. The SMILES string of the molecule is CC(Oc1cccc(Cl)c1)C(NN)c1sccc1Cl. The van der Waals surface area contributed by atoms with Gasteiger partial charge in [0.05, 0.1) is 11.1 Å². The average Bonchev–Trinajstić information content (AvgIpc) is 2.77. The minimum Gasteiger partial charge on any atom is -0.489 e. The zero-order valence-corrected chi connectivity index (χ0v) is 12.6. The molecule has 102 valence electrons. The lowest BCUT2D eigenvalue weighted by Crippen LogP contribution is -2.37. The van der Waals surface area contributed by atoms with E-state index in [-0.39, 0.29) is 12.1 Å². The number of nitrogens with two attached hydrogens (primary N) is 1. The van der Waals surface area contributed by atoms with E-state index in [1.807, 2.05) is 30.5 Å². The molecule has 0 saturated carbocycles. The Morgan fingerprint density at radius 2 is 2.11 bits per heavy atom. The van der Waals surface area contributed by atoms with Gasteiger partial charge in [-0.15, -0.1) is 11.3 Å². The molecular formula is C13H14Cl2N2OS. The van der Waals surface area contributed by atoms with Crippen LogP contribution in [0.4, 0.5) is 0 Å². The standard InChI is InChI=1S/C13H14Cl2N2OS/c1-8(18-10-4-2-3-9(14)7-10)12(17-16)13-11(15)5-6-19-13/h2-8,12,17H,16H2,1H3. The van der Waals surface area contributed by atoms with E-state index in [9.17, 15) is 0 Å². The van der Waals surface area contributed by atoms with Crippen molar-refractivity contribution in [2.75, 3.05) is 0 Å². The summed E-state index contributed by atoms with van der Waals surface area (Å²) in [6.07, 6.45) is -0.181. The number of ether oxygens (including phenoxy) is 1. The molecule has 1 aromatic heterocycles. The van der Waals surface area contributed by atoms with Crippen LogP contribution in [0.3, 0.4) is 0 Å². The van der Waals surface area contributed by atoms with Gasteiger partial charge in [-0.2, -0.15) is 0 Å². The number of benzene rings is 1. The van der Waals surface area contributed by atoms with E-state index in [1.54, 1.807) is 23.5 Å². The molecule has 19 heavy (non-hydrogen) atoms. The lowest BCUT2D eigenvalue weighted by Gasteiger charge is -2.24. The highest BCUT2D eigenvalue weighted by molar-refractivity contribution is 7.10. The van der Waals surface area contributed by atoms with Gasteiger partial charge in [-0.05, 0) is 36.6 Å². The summed E-state index contributed by atoms with van der Waals surface area (Å²) >= 11 is 13.6. The van der Waals surface area contributed by atoms with Gasteiger partial charge in [0, 0.05) is 9.90 Å². The molecule has 0 radical (unpaired) electrons. The molecule has 0 amide bonds. The van der Waals surface area contributed by atoms with E-state index in [0.717, 1.165) is 4.88 Å². The van der Waals surface area contributed by atoms with Crippen LogP contribution in [0.15, 0.2) is 35.7 Å². The maximum atomic E-state index is 6.12. The summed E-state index contributed by atoms with van der Waals surface area (Å²) in [4.78, 5) is 0.957. The number of halogens is 2. The highest BCUT2D eigenvalue weighted by atomic mass is 35.5. The van der Waals surface area contributed by atoms with Gasteiger partial charge in [0.2, 0.25) is 0 Å². The van der Waals surface area contributed by atoms with Crippen LogP contribution in [-0.4, -0.2) is 6.10 Å². The monoisotopic (exact) mass is 316 g/mol. The summed E-state index contributed by atoms with van der Waals surface area (Å²) in [6, 6.07) is 8.93. The van der Waals surface area contributed by atoms with Crippen molar-refractivity contribution < 1.29 is 4.74 Å². The molecule has 0 fully saturated rings.